The van der Waals surface area contributed by atoms with Gasteiger partial charge in [0.25, 0.3) is 0 Å². The Hall–Kier alpha value is -0.760. The van der Waals surface area contributed by atoms with Crippen LogP contribution in [0.15, 0.2) is 18.5 Å². The maximum absolute atomic E-state index is 5.45. The Kier molecular flexibility index (Phi) is 7.87. The Labute approximate surface area is 99.6 Å². The fourth-order valence-corrected chi connectivity index (χ4v) is 2.05. The van der Waals surface area contributed by atoms with Crippen LogP contribution >= 0.6 is 0 Å². The Morgan fingerprint density at radius 3 is 2.06 bits per heavy atom. The van der Waals surface area contributed by atoms with Crippen molar-refractivity contribution < 1.29 is 0 Å². The lowest BCUT2D eigenvalue weighted by Crippen LogP contribution is -1.97. The SMILES string of the molecule is NCCCCCCCCCCc1cc[nH]c1. The van der Waals surface area contributed by atoms with E-state index in [-0.39, 0.29) is 0 Å². The van der Waals surface area contributed by atoms with E-state index in [1.54, 1.807) is 0 Å². The lowest BCUT2D eigenvalue weighted by molar-refractivity contribution is 0.570. The normalized spacial score (nSPS) is 10.8. The minimum atomic E-state index is 0.858. The van der Waals surface area contributed by atoms with Crippen LogP contribution in [0.5, 0.6) is 0 Å². The molecule has 0 atom stereocenters. The minimum absolute atomic E-state index is 0.858. The third-order valence-corrected chi connectivity index (χ3v) is 3.08. The van der Waals surface area contributed by atoms with Gasteiger partial charge in [-0.15, -0.1) is 0 Å². The van der Waals surface area contributed by atoms with Crippen molar-refractivity contribution in [3.8, 4) is 0 Å². The van der Waals surface area contributed by atoms with Gasteiger partial charge in [-0.1, -0.05) is 38.5 Å². The Bertz CT molecular complexity index is 229. The topological polar surface area (TPSA) is 41.8 Å². The van der Waals surface area contributed by atoms with Gasteiger partial charge in [-0.05, 0) is 37.4 Å². The zero-order valence-electron chi connectivity index (χ0n) is 10.4. The summed E-state index contributed by atoms with van der Waals surface area (Å²) >= 11 is 0. The second-order valence-corrected chi connectivity index (χ2v) is 4.59. The van der Waals surface area contributed by atoms with Gasteiger partial charge in [-0.3, -0.25) is 0 Å². The predicted molar refractivity (Wildman–Crippen MR) is 70.5 cm³/mol. The first-order valence-electron chi connectivity index (χ1n) is 6.75. The highest BCUT2D eigenvalue weighted by Crippen LogP contribution is 2.10. The van der Waals surface area contributed by atoms with Gasteiger partial charge in [-0.25, -0.2) is 0 Å². The van der Waals surface area contributed by atoms with Crippen LogP contribution in [-0.4, -0.2) is 11.5 Å². The first-order chi connectivity index (χ1) is 7.93. The molecule has 1 aromatic heterocycles. The molecule has 0 aliphatic rings. The summed E-state index contributed by atoms with van der Waals surface area (Å²) in [4.78, 5) is 3.10. The zero-order valence-corrected chi connectivity index (χ0v) is 10.4. The number of nitrogens with one attached hydrogen (secondary N) is 1. The molecule has 0 unspecified atom stereocenters. The number of aryl methyl sites for hydroxylation is 1. The van der Waals surface area contributed by atoms with E-state index in [0.717, 1.165) is 6.54 Å². The molecule has 2 nitrogen and oxygen atoms in total. The van der Waals surface area contributed by atoms with Gasteiger partial charge in [0.1, 0.15) is 0 Å². The molecule has 0 aromatic carbocycles. The lowest BCUT2D eigenvalue weighted by Gasteiger charge is -2.01. The fourth-order valence-electron chi connectivity index (χ4n) is 2.05. The van der Waals surface area contributed by atoms with Crippen molar-refractivity contribution in [2.24, 2.45) is 5.73 Å². The molecule has 1 aromatic rings. The zero-order chi connectivity index (χ0) is 11.5. The molecule has 0 saturated heterocycles. The molecule has 2 heteroatoms. The standard InChI is InChI=1S/C14H26N2/c15-11-8-6-4-2-1-3-5-7-9-14-10-12-16-13-14/h10,12-13,16H,1-9,11,15H2. The highest BCUT2D eigenvalue weighted by Gasteiger charge is 1.94. The van der Waals surface area contributed by atoms with E-state index in [1.807, 2.05) is 6.20 Å². The number of unbranched alkanes of at least 4 members (excludes halogenated alkanes) is 7. The van der Waals surface area contributed by atoms with E-state index in [9.17, 15) is 0 Å². The van der Waals surface area contributed by atoms with Gasteiger partial charge < -0.3 is 10.7 Å². The van der Waals surface area contributed by atoms with Gasteiger partial charge >= 0.3 is 0 Å². The van der Waals surface area contributed by atoms with E-state index >= 15 is 0 Å². The summed E-state index contributed by atoms with van der Waals surface area (Å²) in [5.74, 6) is 0. The summed E-state index contributed by atoms with van der Waals surface area (Å²) in [6, 6.07) is 2.17. The van der Waals surface area contributed by atoms with Crippen LogP contribution in [0.3, 0.4) is 0 Å². The van der Waals surface area contributed by atoms with E-state index in [2.05, 4.69) is 17.2 Å². The smallest absolute Gasteiger partial charge is 0.00373 e. The van der Waals surface area contributed by atoms with Crippen molar-refractivity contribution in [2.75, 3.05) is 6.54 Å². The van der Waals surface area contributed by atoms with E-state index in [4.69, 9.17) is 5.73 Å². The second kappa shape index (κ2) is 9.46. The number of hydrogen-bond acceptors (Lipinski definition) is 1. The van der Waals surface area contributed by atoms with Crippen molar-refractivity contribution in [1.82, 2.24) is 4.98 Å². The van der Waals surface area contributed by atoms with Crippen LogP contribution in [0.4, 0.5) is 0 Å². The van der Waals surface area contributed by atoms with Gasteiger partial charge in [0.2, 0.25) is 0 Å². The third kappa shape index (κ3) is 6.67. The summed E-state index contributed by atoms with van der Waals surface area (Å²) in [5.41, 5.74) is 6.90. The van der Waals surface area contributed by atoms with Crippen LogP contribution in [0.25, 0.3) is 0 Å². The maximum atomic E-state index is 5.45. The fraction of sp³-hybridized carbons (Fsp3) is 0.714. The first kappa shape index (κ1) is 13.3. The van der Waals surface area contributed by atoms with Gasteiger partial charge in [0.05, 0.1) is 0 Å². The summed E-state index contributed by atoms with van der Waals surface area (Å²) in [6.07, 6.45) is 16.1. The molecule has 0 radical (unpaired) electrons. The quantitative estimate of drug-likeness (QED) is 0.583. The number of aromatic amines is 1. The average Bonchev–Trinajstić information content (AvgIpc) is 2.80. The van der Waals surface area contributed by atoms with Crippen LogP contribution < -0.4 is 5.73 Å². The number of H-pyrrole nitrogens is 1. The minimum Gasteiger partial charge on any atom is -0.367 e. The second-order valence-electron chi connectivity index (χ2n) is 4.59. The molecular formula is C14H26N2. The summed E-state index contributed by atoms with van der Waals surface area (Å²) in [5, 5.41) is 0. The number of nitrogens with two attached hydrogens (primary N) is 1. The number of aromatic nitrogens is 1. The maximum Gasteiger partial charge on any atom is 0.00373 e. The molecule has 0 amide bonds. The van der Waals surface area contributed by atoms with Crippen molar-refractivity contribution in [3.05, 3.63) is 24.0 Å². The molecule has 1 heterocycles. The highest BCUT2D eigenvalue weighted by atomic mass is 14.6. The van der Waals surface area contributed by atoms with Gasteiger partial charge in [0.15, 0.2) is 0 Å². The van der Waals surface area contributed by atoms with Crippen LogP contribution in [0, 0.1) is 0 Å². The summed E-state index contributed by atoms with van der Waals surface area (Å²) < 4.78 is 0. The van der Waals surface area contributed by atoms with Crippen LogP contribution in [0.2, 0.25) is 0 Å². The van der Waals surface area contributed by atoms with Crippen molar-refractivity contribution in [1.29, 1.82) is 0 Å². The molecule has 16 heavy (non-hydrogen) atoms. The van der Waals surface area contributed by atoms with Crippen LogP contribution in [0.1, 0.15) is 56.9 Å². The Morgan fingerprint density at radius 2 is 1.50 bits per heavy atom. The predicted octanol–water partition coefficient (Wildman–Crippen LogP) is 3.64. The van der Waals surface area contributed by atoms with Crippen molar-refractivity contribution in [3.63, 3.8) is 0 Å². The number of rotatable bonds is 10. The highest BCUT2D eigenvalue weighted by molar-refractivity contribution is 5.07. The first-order valence-corrected chi connectivity index (χ1v) is 6.75. The molecule has 0 aliphatic carbocycles. The van der Waals surface area contributed by atoms with E-state index < -0.39 is 0 Å². The average molecular weight is 222 g/mol. The molecule has 1 rings (SSSR count). The van der Waals surface area contributed by atoms with Crippen LogP contribution in [-0.2, 0) is 6.42 Å². The molecule has 0 spiro atoms. The van der Waals surface area contributed by atoms with Gasteiger partial charge in [0, 0.05) is 12.4 Å². The Balaban J connectivity index is 1.78. The van der Waals surface area contributed by atoms with E-state index in [1.165, 1.54) is 63.4 Å². The molecule has 0 saturated carbocycles. The monoisotopic (exact) mass is 222 g/mol. The van der Waals surface area contributed by atoms with Crippen molar-refractivity contribution in [2.45, 2.75) is 57.8 Å². The summed E-state index contributed by atoms with van der Waals surface area (Å²) in [6.45, 7) is 0.858. The molecular weight excluding hydrogens is 196 g/mol. The number of hydrogen-bond donors (Lipinski definition) is 2. The summed E-state index contributed by atoms with van der Waals surface area (Å²) in [7, 11) is 0. The molecule has 92 valence electrons. The molecule has 3 N–H and O–H groups in total. The molecule has 0 bridgehead atoms. The molecule has 0 aliphatic heterocycles. The van der Waals surface area contributed by atoms with Gasteiger partial charge in [-0.2, -0.15) is 0 Å². The molecule has 0 fully saturated rings. The lowest BCUT2D eigenvalue weighted by atomic mass is 10.1. The van der Waals surface area contributed by atoms with Crippen molar-refractivity contribution >= 4 is 0 Å². The van der Waals surface area contributed by atoms with E-state index in [0.29, 0.717) is 0 Å². The largest absolute Gasteiger partial charge is 0.367 e. The third-order valence-electron chi connectivity index (χ3n) is 3.08. The Morgan fingerprint density at radius 1 is 0.875 bits per heavy atom.